The van der Waals surface area contributed by atoms with E-state index in [1.807, 2.05) is 31.2 Å². The molecule has 8 heteroatoms. The molecule has 2 aromatic carbocycles. The van der Waals surface area contributed by atoms with Gasteiger partial charge in [0.2, 0.25) is 11.8 Å². The standard InChI is InChI=1S/C22H22N4O3S/c1-14-4-10-19(11-5-14)26-21(28)13-12-20(25-26)30-15(2)22(29)24-18-8-6-17(7-9-18)23-16(3)27/h4-13,15H,1-3H3,(H,23,27)(H,24,29)/t15-/m1/s1. The number of nitrogens with one attached hydrogen (secondary N) is 2. The Morgan fingerprint density at radius 3 is 2.13 bits per heavy atom. The van der Waals surface area contributed by atoms with E-state index >= 15 is 0 Å². The summed E-state index contributed by atoms with van der Waals surface area (Å²) in [4.78, 5) is 35.8. The maximum absolute atomic E-state index is 12.5. The van der Waals surface area contributed by atoms with Crippen LogP contribution < -0.4 is 16.2 Å². The third-order valence-electron chi connectivity index (χ3n) is 4.19. The minimum absolute atomic E-state index is 0.156. The van der Waals surface area contributed by atoms with Crippen molar-refractivity contribution < 1.29 is 9.59 Å². The van der Waals surface area contributed by atoms with Crippen LogP contribution in [0.1, 0.15) is 19.4 Å². The third-order valence-corrected chi connectivity index (χ3v) is 5.22. The smallest absolute Gasteiger partial charge is 0.271 e. The number of aromatic nitrogens is 2. The van der Waals surface area contributed by atoms with Gasteiger partial charge in [-0.3, -0.25) is 14.4 Å². The van der Waals surface area contributed by atoms with Crippen LogP contribution in [0.4, 0.5) is 11.4 Å². The van der Waals surface area contributed by atoms with Gasteiger partial charge < -0.3 is 10.6 Å². The van der Waals surface area contributed by atoms with Crippen molar-refractivity contribution in [2.75, 3.05) is 10.6 Å². The van der Waals surface area contributed by atoms with Crippen molar-refractivity contribution in [1.29, 1.82) is 0 Å². The summed E-state index contributed by atoms with van der Waals surface area (Å²) in [6.07, 6.45) is 0. The molecular weight excluding hydrogens is 400 g/mol. The number of rotatable bonds is 6. The zero-order valence-electron chi connectivity index (χ0n) is 16.9. The summed E-state index contributed by atoms with van der Waals surface area (Å²) in [6.45, 7) is 5.18. The lowest BCUT2D eigenvalue weighted by molar-refractivity contribution is -0.115. The minimum Gasteiger partial charge on any atom is -0.326 e. The highest BCUT2D eigenvalue weighted by Crippen LogP contribution is 2.22. The van der Waals surface area contributed by atoms with E-state index in [0.717, 1.165) is 5.56 Å². The monoisotopic (exact) mass is 422 g/mol. The number of anilines is 2. The Kier molecular flexibility index (Phi) is 6.68. The molecule has 0 unspecified atom stereocenters. The second kappa shape index (κ2) is 9.41. The van der Waals surface area contributed by atoms with E-state index in [2.05, 4.69) is 15.7 Å². The number of hydrogen-bond donors (Lipinski definition) is 2. The molecule has 0 aliphatic heterocycles. The molecule has 0 bridgehead atoms. The zero-order valence-corrected chi connectivity index (χ0v) is 17.7. The van der Waals surface area contributed by atoms with Gasteiger partial charge in [-0.05, 0) is 56.3 Å². The van der Waals surface area contributed by atoms with Crippen LogP contribution >= 0.6 is 11.8 Å². The fourth-order valence-corrected chi connectivity index (χ4v) is 3.45. The Morgan fingerprint density at radius 1 is 0.933 bits per heavy atom. The van der Waals surface area contributed by atoms with Crippen molar-refractivity contribution in [2.24, 2.45) is 0 Å². The molecule has 0 radical (unpaired) electrons. The van der Waals surface area contributed by atoms with Crippen molar-refractivity contribution >= 4 is 35.0 Å². The number of thioether (sulfide) groups is 1. The average Bonchev–Trinajstić information content (AvgIpc) is 2.71. The second-order valence-electron chi connectivity index (χ2n) is 6.77. The van der Waals surface area contributed by atoms with E-state index in [0.29, 0.717) is 22.1 Å². The van der Waals surface area contributed by atoms with Gasteiger partial charge in [0.25, 0.3) is 5.56 Å². The van der Waals surface area contributed by atoms with E-state index in [9.17, 15) is 14.4 Å². The maximum atomic E-state index is 12.5. The van der Waals surface area contributed by atoms with E-state index in [-0.39, 0.29) is 17.4 Å². The molecule has 154 valence electrons. The maximum Gasteiger partial charge on any atom is 0.271 e. The quantitative estimate of drug-likeness (QED) is 0.592. The number of nitrogens with zero attached hydrogens (tertiary/aromatic N) is 2. The molecule has 2 N–H and O–H groups in total. The third kappa shape index (κ3) is 5.57. The van der Waals surface area contributed by atoms with Gasteiger partial charge in [-0.25, -0.2) is 0 Å². The van der Waals surface area contributed by atoms with Crippen LogP contribution in [0, 0.1) is 6.92 Å². The number of hydrogen-bond acceptors (Lipinski definition) is 5. The molecular formula is C22H22N4O3S. The van der Waals surface area contributed by atoms with Gasteiger partial charge >= 0.3 is 0 Å². The van der Waals surface area contributed by atoms with Gasteiger partial charge in [-0.15, -0.1) is 0 Å². The molecule has 0 fully saturated rings. The van der Waals surface area contributed by atoms with Gasteiger partial charge in [0.05, 0.1) is 10.9 Å². The predicted molar refractivity (Wildman–Crippen MR) is 119 cm³/mol. The summed E-state index contributed by atoms with van der Waals surface area (Å²) in [5.41, 5.74) is 2.81. The molecule has 1 atom stereocenters. The Hall–Kier alpha value is -3.39. The first-order chi connectivity index (χ1) is 14.3. The molecule has 2 amide bonds. The van der Waals surface area contributed by atoms with Gasteiger partial charge in [0.15, 0.2) is 0 Å². The minimum atomic E-state index is -0.434. The van der Waals surface area contributed by atoms with Crippen LogP contribution in [0.3, 0.4) is 0 Å². The molecule has 3 aromatic rings. The number of aryl methyl sites for hydroxylation is 1. The summed E-state index contributed by atoms with van der Waals surface area (Å²) in [6, 6.07) is 17.4. The Morgan fingerprint density at radius 2 is 1.53 bits per heavy atom. The normalized spacial score (nSPS) is 11.6. The SMILES string of the molecule is CC(=O)Nc1ccc(NC(=O)[C@@H](C)Sc2ccc(=O)n(-c3ccc(C)cc3)n2)cc1. The Bertz CT molecular complexity index is 1110. The highest BCUT2D eigenvalue weighted by molar-refractivity contribution is 8.00. The second-order valence-corrected chi connectivity index (χ2v) is 8.13. The van der Waals surface area contributed by atoms with Crippen molar-refractivity contribution in [2.45, 2.75) is 31.0 Å². The van der Waals surface area contributed by atoms with Gasteiger partial charge in [0.1, 0.15) is 5.03 Å². The lowest BCUT2D eigenvalue weighted by Crippen LogP contribution is -2.24. The number of carbonyl (C=O) groups excluding carboxylic acids is 2. The predicted octanol–water partition coefficient (Wildman–Crippen LogP) is 3.62. The Labute approximate surface area is 178 Å². The molecule has 0 aliphatic rings. The van der Waals surface area contributed by atoms with Crippen LogP contribution in [-0.2, 0) is 9.59 Å². The molecule has 0 aliphatic carbocycles. The fourth-order valence-electron chi connectivity index (χ4n) is 2.65. The zero-order chi connectivity index (χ0) is 21.7. The van der Waals surface area contributed by atoms with Crippen LogP contribution in [0.25, 0.3) is 5.69 Å². The van der Waals surface area contributed by atoms with Gasteiger partial charge in [0, 0.05) is 24.4 Å². The van der Waals surface area contributed by atoms with Crippen molar-refractivity contribution in [1.82, 2.24) is 9.78 Å². The van der Waals surface area contributed by atoms with Gasteiger partial charge in [-0.1, -0.05) is 29.5 Å². The molecule has 30 heavy (non-hydrogen) atoms. The first-order valence-corrected chi connectivity index (χ1v) is 10.2. The van der Waals surface area contributed by atoms with E-state index in [1.54, 1.807) is 37.3 Å². The van der Waals surface area contributed by atoms with E-state index < -0.39 is 5.25 Å². The molecule has 1 aromatic heterocycles. The summed E-state index contributed by atoms with van der Waals surface area (Å²) >= 11 is 1.26. The first-order valence-electron chi connectivity index (χ1n) is 9.34. The van der Waals surface area contributed by atoms with Gasteiger partial charge in [-0.2, -0.15) is 9.78 Å². The van der Waals surface area contributed by atoms with E-state index in [4.69, 9.17) is 0 Å². The molecule has 0 spiro atoms. The number of carbonyl (C=O) groups is 2. The lowest BCUT2D eigenvalue weighted by Gasteiger charge is -2.13. The topological polar surface area (TPSA) is 93.1 Å². The largest absolute Gasteiger partial charge is 0.326 e. The average molecular weight is 423 g/mol. The highest BCUT2D eigenvalue weighted by atomic mass is 32.2. The van der Waals surface area contributed by atoms with E-state index in [1.165, 1.54) is 29.4 Å². The van der Waals surface area contributed by atoms with Crippen molar-refractivity contribution in [3.05, 3.63) is 76.6 Å². The molecule has 1 heterocycles. The van der Waals surface area contributed by atoms with Crippen molar-refractivity contribution in [3.8, 4) is 5.69 Å². The van der Waals surface area contributed by atoms with Crippen LogP contribution in [0.5, 0.6) is 0 Å². The summed E-state index contributed by atoms with van der Waals surface area (Å²) in [7, 11) is 0. The van der Waals surface area contributed by atoms with Crippen LogP contribution in [0.15, 0.2) is 70.5 Å². The van der Waals surface area contributed by atoms with Crippen molar-refractivity contribution in [3.63, 3.8) is 0 Å². The molecule has 0 saturated heterocycles. The molecule has 7 nitrogen and oxygen atoms in total. The summed E-state index contributed by atoms with van der Waals surface area (Å²) in [5.74, 6) is -0.349. The number of amides is 2. The summed E-state index contributed by atoms with van der Waals surface area (Å²) in [5, 5.41) is 10.0. The molecule has 0 saturated carbocycles. The fraction of sp³-hybridized carbons (Fsp3) is 0.182. The van der Waals surface area contributed by atoms with Crippen LogP contribution in [0.2, 0.25) is 0 Å². The molecule has 3 rings (SSSR count). The summed E-state index contributed by atoms with van der Waals surface area (Å²) < 4.78 is 1.33. The lowest BCUT2D eigenvalue weighted by atomic mass is 10.2. The number of benzene rings is 2. The Balaban J connectivity index is 1.68. The first kappa shape index (κ1) is 21.3. The highest BCUT2D eigenvalue weighted by Gasteiger charge is 2.16. The van der Waals surface area contributed by atoms with Crippen LogP contribution in [-0.4, -0.2) is 26.8 Å².